The van der Waals surface area contributed by atoms with Gasteiger partial charge in [0.05, 0.1) is 12.7 Å². The second-order valence-corrected chi connectivity index (χ2v) is 3.80. The van der Waals surface area contributed by atoms with E-state index >= 15 is 0 Å². The van der Waals surface area contributed by atoms with Crippen molar-refractivity contribution in [3.05, 3.63) is 24.3 Å². The Bertz CT molecular complexity index is 201. The summed E-state index contributed by atoms with van der Waals surface area (Å²) in [6.07, 6.45) is 11.7. The summed E-state index contributed by atoms with van der Waals surface area (Å²) >= 11 is 0. The van der Waals surface area contributed by atoms with Crippen LogP contribution in [0.2, 0.25) is 0 Å². The van der Waals surface area contributed by atoms with Crippen molar-refractivity contribution in [3.8, 4) is 0 Å². The van der Waals surface area contributed by atoms with E-state index in [9.17, 15) is 0 Å². The number of hydrogen-bond donors (Lipinski definition) is 0. The van der Waals surface area contributed by atoms with Gasteiger partial charge in [-0.2, -0.15) is 0 Å². The molecular formula is C10H14O. The van der Waals surface area contributed by atoms with E-state index in [4.69, 9.17) is 4.74 Å². The highest BCUT2D eigenvalue weighted by atomic mass is 16.6. The molecule has 0 bridgehead atoms. The fraction of sp³-hybridized carbons (Fsp3) is 0.600. The lowest BCUT2D eigenvalue weighted by atomic mass is 9.80. The molecule has 0 amide bonds. The van der Waals surface area contributed by atoms with Crippen molar-refractivity contribution in [1.29, 1.82) is 0 Å². The number of epoxide rings is 1. The number of allylic oxidation sites excluding steroid dienone is 4. The van der Waals surface area contributed by atoms with E-state index in [-0.39, 0.29) is 0 Å². The molecule has 1 aliphatic carbocycles. The van der Waals surface area contributed by atoms with E-state index in [1.165, 1.54) is 12.8 Å². The van der Waals surface area contributed by atoms with Gasteiger partial charge in [-0.1, -0.05) is 31.2 Å². The molecule has 0 aromatic heterocycles. The van der Waals surface area contributed by atoms with Crippen molar-refractivity contribution in [2.75, 3.05) is 6.61 Å². The van der Waals surface area contributed by atoms with Crippen molar-refractivity contribution in [2.24, 2.45) is 5.41 Å². The normalized spacial score (nSPS) is 41.0. The molecule has 0 saturated carbocycles. The van der Waals surface area contributed by atoms with E-state index in [0.29, 0.717) is 11.5 Å². The van der Waals surface area contributed by atoms with Gasteiger partial charge in [-0.05, 0) is 18.3 Å². The van der Waals surface area contributed by atoms with E-state index < -0.39 is 0 Å². The molecule has 1 nitrogen and oxygen atoms in total. The Morgan fingerprint density at radius 1 is 1.55 bits per heavy atom. The molecule has 2 rings (SSSR count). The zero-order valence-electron chi connectivity index (χ0n) is 6.92. The van der Waals surface area contributed by atoms with Crippen LogP contribution in [-0.4, -0.2) is 12.7 Å². The van der Waals surface area contributed by atoms with Gasteiger partial charge in [0.2, 0.25) is 0 Å². The Kier molecular flexibility index (Phi) is 1.61. The fourth-order valence-corrected chi connectivity index (χ4v) is 1.63. The van der Waals surface area contributed by atoms with Crippen molar-refractivity contribution >= 4 is 0 Å². The van der Waals surface area contributed by atoms with Crippen LogP contribution in [0.5, 0.6) is 0 Å². The van der Waals surface area contributed by atoms with Crippen LogP contribution in [0.4, 0.5) is 0 Å². The van der Waals surface area contributed by atoms with Crippen LogP contribution in [-0.2, 0) is 4.74 Å². The van der Waals surface area contributed by atoms with E-state index in [2.05, 4.69) is 31.2 Å². The summed E-state index contributed by atoms with van der Waals surface area (Å²) in [6.45, 7) is 3.28. The molecule has 1 unspecified atom stereocenters. The van der Waals surface area contributed by atoms with Crippen LogP contribution in [0.3, 0.4) is 0 Å². The summed E-state index contributed by atoms with van der Waals surface area (Å²) in [5.41, 5.74) is 0.371. The van der Waals surface area contributed by atoms with Crippen molar-refractivity contribution in [3.63, 3.8) is 0 Å². The maximum atomic E-state index is 5.22. The highest BCUT2D eigenvalue weighted by molar-refractivity contribution is 5.16. The smallest absolute Gasteiger partial charge is 0.0818 e. The summed E-state index contributed by atoms with van der Waals surface area (Å²) < 4.78 is 5.22. The minimum Gasteiger partial charge on any atom is -0.373 e. The third kappa shape index (κ3) is 1.72. The lowest BCUT2D eigenvalue weighted by molar-refractivity contribution is 0.309. The number of rotatable bonds is 2. The fourth-order valence-electron chi connectivity index (χ4n) is 1.63. The number of hydrogen-bond acceptors (Lipinski definition) is 1. The average molecular weight is 150 g/mol. The molecule has 60 valence electrons. The van der Waals surface area contributed by atoms with Crippen molar-refractivity contribution < 1.29 is 4.74 Å². The van der Waals surface area contributed by atoms with Crippen LogP contribution in [0, 0.1) is 5.41 Å². The Balaban J connectivity index is 1.97. The molecule has 2 atom stereocenters. The van der Waals surface area contributed by atoms with Crippen LogP contribution in [0.25, 0.3) is 0 Å². The van der Waals surface area contributed by atoms with Crippen LogP contribution in [0.1, 0.15) is 19.8 Å². The zero-order chi connectivity index (χ0) is 7.73. The monoisotopic (exact) mass is 150 g/mol. The first-order valence-electron chi connectivity index (χ1n) is 4.24. The van der Waals surface area contributed by atoms with Gasteiger partial charge in [0.1, 0.15) is 0 Å². The number of ether oxygens (including phenoxy) is 1. The van der Waals surface area contributed by atoms with Gasteiger partial charge in [0.25, 0.3) is 0 Å². The Morgan fingerprint density at radius 3 is 2.91 bits per heavy atom. The summed E-state index contributed by atoms with van der Waals surface area (Å²) in [4.78, 5) is 0. The molecule has 2 aliphatic rings. The minimum absolute atomic E-state index is 0.371. The first-order chi connectivity index (χ1) is 5.29. The molecule has 0 N–H and O–H groups in total. The summed E-state index contributed by atoms with van der Waals surface area (Å²) in [7, 11) is 0. The largest absolute Gasteiger partial charge is 0.373 e. The maximum absolute atomic E-state index is 5.22. The molecule has 1 heterocycles. The standard InChI is InChI=1S/C10H14O/c1-10(7-9-8-11-9)5-3-2-4-6-10/h2-5,9H,6-8H2,1H3/t9?,10-/m1/s1. The van der Waals surface area contributed by atoms with Crippen LogP contribution in [0.15, 0.2) is 24.3 Å². The zero-order valence-corrected chi connectivity index (χ0v) is 6.92. The van der Waals surface area contributed by atoms with Crippen LogP contribution >= 0.6 is 0 Å². The molecule has 11 heavy (non-hydrogen) atoms. The van der Waals surface area contributed by atoms with Crippen LogP contribution < -0.4 is 0 Å². The molecule has 1 heteroatoms. The quantitative estimate of drug-likeness (QED) is 0.550. The Hall–Kier alpha value is -0.560. The second-order valence-electron chi connectivity index (χ2n) is 3.80. The van der Waals surface area contributed by atoms with Gasteiger partial charge < -0.3 is 4.74 Å². The minimum atomic E-state index is 0.371. The first kappa shape index (κ1) is 7.11. The molecule has 1 aliphatic heterocycles. The van der Waals surface area contributed by atoms with Gasteiger partial charge in [-0.25, -0.2) is 0 Å². The molecule has 0 spiro atoms. The third-order valence-corrected chi connectivity index (χ3v) is 2.43. The first-order valence-corrected chi connectivity index (χ1v) is 4.24. The van der Waals surface area contributed by atoms with Gasteiger partial charge >= 0.3 is 0 Å². The van der Waals surface area contributed by atoms with E-state index in [1.807, 2.05) is 0 Å². The molecule has 0 aromatic rings. The SMILES string of the molecule is C[C@@]1(CC2CO2)C=CC=CC1. The molecular weight excluding hydrogens is 136 g/mol. The summed E-state index contributed by atoms with van der Waals surface area (Å²) in [6, 6.07) is 0. The third-order valence-electron chi connectivity index (χ3n) is 2.43. The van der Waals surface area contributed by atoms with E-state index in [0.717, 1.165) is 6.61 Å². The van der Waals surface area contributed by atoms with Crippen molar-refractivity contribution in [2.45, 2.75) is 25.9 Å². The highest BCUT2D eigenvalue weighted by Crippen LogP contribution is 2.35. The molecule has 1 fully saturated rings. The second kappa shape index (κ2) is 2.49. The van der Waals surface area contributed by atoms with Gasteiger partial charge in [0.15, 0.2) is 0 Å². The molecule has 0 aromatic carbocycles. The van der Waals surface area contributed by atoms with Gasteiger partial charge in [0, 0.05) is 0 Å². The lowest BCUT2D eigenvalue weighted by Crippen LogP contribution is -2.16. The molecule has 0 radical (unpaired) electrons. The maximum Gasteiger partial charge on any atom is 0.0818 e. The average Bonchev–Trinajstić information content (AvgIpc) is 2.72. The Morgan fingerprint density at radius 2 is 2.36 bits per heavy atom. The predicted octanol–water partition coefficient (Wildman–Crippen LogP) is 2.30. The van der Waals surface area contributed by atoms with Gasteiger partial charge in [-0.3, -0.25) is 0 Å². The highest BCUT2D eigenvalue weighted by Gasteiger charge is 2.32. The van der Waals surface area contributed by atoms with E-state index in [1.54, 1.807) is 0 Å². The summed E-state index contributed by atoms with van der Waals surface area (Å²) in [5, 5.41) is 0. The van der Waals surface area contributed by atoms with Crippen molar-refractivity contribution in [1.82, 2.24) is 0 Å². The summed E-state index contributed by atoms with van der Waals surface area (Å²) in [5.74, 6) is 0. The Labute approximate surface area is 67.7 Å². The van der Waals surface area contributed by atoms with Gasteiger partial charge in [-0.15, -0.1) is 0 Å². The topological polar surface area (TPSA) is 12.5 Å². The lowest BCUT2D eigenvalue weighted by Gasteiger charge is -2.25. The predicted molar refractivity (Wildman–Crippen MR) is 45.4 cm³/mol. The molecule has 1 saturated heterocycles.